The average Bonchev–Trinajstić information content (AvgIpc) is 2.84. The van der Waals surface area contributed by atoms with Gasteiger partial charge in [0.2, 0.25) is 0 Å². The first-order valence-electron chi connectivity index (χ1n) is 5.29. The van der Waals surface area contributed by atoms with E-state index in [0.29, 0.717) is 0 Å². The van der Waals surface area contributed by atoms with Crippen molar-refractivity contribution >= 4 is 11.3 Å². The molecular weight excluding hydrogens is 220 g/mol. The fraction of sp³-hybridized carbons (Fsp3) is 0.455. The monoisotopic (exact) mass is 236 g/mol. The lowest BCUT2D eigenvalue weighted by atomic mass is 10.3. The Hall–Kier alpha value is -1.20. The molecule has 2 rings (SSSR count). The summed E-state index contributed by atoms with van der Waals surface area (Å²) in [6.07, 6.45) is 1.73. The minimum Gasteiger partial charge on any atom is -0.319 e. The zero-order chi connectivity index (χ0) is 11.5. The van der Waals surface area contributed by atoms with Crippen molar-refractivity contribution < 1.29 is 0 Å². The van der Waals surface area contributed by atoms with Gasteiger partial charge in [-0.25, -0.2) is 0 Å². The van der Waals surface area contributed by atoms with E-state index in [1.807, 2.05) is 23.0 Å². The summed E-state index contributed by atoms with van der Waals surface area (Å²) in [5.74, 6) is 0.966. The molecular formula is C11H16N4S. The van der Waals surface area contributed by atoms with Crippen LogP contribution in [0, 0.1) is 6.92 Å². The first-order valence-corrected chi connectivity index (χ1v) is 6.11. The van der Waals surface area contributed by atoms with Crippen molar-refractivity contribution in [3.63, 3.8) is 0 Å². The van der Waals surface area contributed by atoms with Crippen LogP contribution < -0.4 is 5.32 Å². The molecule has 16 heavy (non-hydrogen) atoms. The van der Waals surface area contributed by atoms with E-state index in [2.05, 4.69) is 41.5 Å². The third-order valence-corrected chi connectivity index (χ3v) is 3.51. The highest BCUT2D eigenvalue weighted by Crippen LogP contribution is 2.16. The van der Waals surface area contributed by atoms with Crippen molar-refractivity contribution in [1.82, 2.24) is 20.1 Å². The molecule has 1 atom stereocenters. The highest BCUT2D eigenvalue weighted by molar-refractivity contribution is 7.11. The second-order valence-corrected chi connectivity index (χ2v) is 5.29. The van der Waals surface area contributed by atoms with Crippen LogP contribution in [-0.4, -0.2) is 14.8 Å². The van der Waals surface area contributed by atoms with Gasteiger partial charge in [-0.05, 0) is 26.0 Å². The maximum absolute atomic E-state index is 4.09. The van der Waals surface area contributed by atoms with Gasteiger partial charge in [0, 0.05) is 23.3 Å². The first kappa shape index (κ1) is 11.3. The second kappa shape index (κ2) is 4.76. The molecule has 1 unspecified atom stereocenters. The van der Waals surface area contributed by atoms with Crippen LogP contribution in [0.4, 0.5) is 0 Å². The Morgan fingerprint density at radius 3 is 2.88 bits per heavy atom. The van der Waals surface area contributed by atoms with Crippen LogP contribution in [0.1, 0.15) is 28.5 Å². The van der Waals surface area contributed by atoms with Gasteiger partial charge in [0.25, 0.3) is 0 Å². The van der Waals surface area contributed by atoms with Crippen LogP contribution in [0.2, 0.25) is 0 Å². The molecule has 1 N–H and O–H groups in total. The van der Waals surface area contributed by atoms with Crippen molar-refractivity contribution in [3.8, 4) is 0 Å². The number of aromatic nitrogens is 3. The number of rotatable bonds is 4. The number of thiophene rings is 1. The average molecular weight is 236 g/mol. The fourth-order valence-electron chi connectivity index (χ4n) is 1.61. The zero-order valence-electron chi connectivity index (χ0n) is 9.77. The predicted molar refractivity (Wildman–Crippen MR) is 65.3 cm³/mol. The van der Waals surface area contributed by atoms with Crippen LogP contribution in [0.3, 0.4) is 0 Å². The van der Waals surface area contributed by atoms with Crippen LogP contribution in [0.5, 0.6) is 0 Å². The highest BCUT2D eigenvalue weighted by Gasteiger charge is 2.10. The Balaban J connectivity index is 1.93. The van der Waals surface area contributed by atoms with E-state index in [4.69, 9.17) is 0 Å². The quantitative estimate of drug-likeness (QED) is 0.883. The predicted octanol–water partition coefficient (Wildman–Crippen LogP) is 2.04. The molecule has 0 radical (unpaired) electrons. The second-order valence-electron chi connectivity index (χ2n) is 3.91. The molecule has 2 heterocycles. The van der Waals surface area contributed by atoms with E-state index < -0.39 is 0 Å². The third-order valence-electron chi connectivity index (χ3n) is 2.51. The van der Waals surface area contributed by atoms with Crippen molar-refractivity contribution in [2.24, 2.45) is 7.05 Å². The van der Waals surface area contributed by atoms with E-state index >= 15 is 0 Å². The molecule has 2 aromatic heterocycles. The van der Waals surface area contributed by atoms with E-state index in [1.54, 1.807) is 6.33 Å². The Morgan fingerprint density at radius 2 is 2.31 bits per heavy atom. The number of nitrogens with zero attached hydrogens (tertiary/aromatic N) is 3. The largest absolute Gasteiger partial charge is 0.319 e. The van der Waals surface area contributed by atoms with Crippen LogP contribution in [0.25, 0.3) is 0 Å². The van der Waals surface area contributed by atoms with Crippen LogP contribution >= 0.6 is 11.3 Å². The van der Waals surface area contributed by atoms with E-state index in [1.165, 1.54) is 9.75 Å². The Morgan fingerprint density at radius 1 is 1.50 bits per heavy atom. The molecule has 0 amide bonds. The summed E-state index contributed by atoms with van der Waals surface area (Å²) >= 11 is 1.83. The molecule has 0 aliphatic heterocycles. The van der Waals surface area contributed by atoms with E-state index in [9.17, 15) is 0 Å². The molecule has 0 saturated heterocycles. The maximum atomic E-state index is 4.09. The van der Waals surface area contributed by atoms with Crippen molar-refractivity contribution in [3.05, 3.63) is 34.0 Å². The molecule has 0 bridgehead atoms. The van der Waals surface area contributed by atoms with Crippen molar-refractivity contribution in [2.45, 2.75) is 26.4 Å². The summed E-state index contributed by atoms with van der Waals surface area (Å²) in [5, 5.41) is 11.4. The summed E-state index contributed by atoms with van der Waals surface area (Å²) < 4.78 is 1.94. The van der Waals surface area contributed by atoms with Crippen molar-refractivity contribution in [1.29, 1.82) is 0 Å². The minimum atomic E-state index is 0.218. The van der Waals surface area contributed by atoms with Gasteiger partial charge < -0.3 is 9.88 Å². The normalized spacial score (nSPS) is 12.9. The standard InChI is InChI=1S/C11H16N4S/c1-8-4-5-10(16-8)6-12-9(2)11-14-13-7-15(11)3/h4-5,7,9,12H,6H2,1-3H3. The van der Waals surface area contributed by atoms with Gasteiger partial charge in [0.05, 0.1) is 6.04 Å². The Bertz CT molecular complexity index is 460. The number of nitrogens with one attached hydrogen (secondary N) is 1. The topological polar surface area (TPSA) is 42.7 Å². The smallest absolute Gasteiger partial charge is 0.149 e. The van der Waals surface area contributed by atoms with Crippen molar-refractivity contribution in [2.75, 3.05) is 0 Å². The Labute approximate surface area is 99.3 Å². The lowest BCUT2D eigenvalue weighted by Gasteiger charge is -2.11. The summed E-state index contributed by atoms with van der Waals surface area (Å²) in [5.41, 5.74) is 0. The molecule has 0 spiro atoms. The van der Waals surface area contributed by atoms with Gasteiger partial charge in [-0.2, -0.15) is 0 Å². The van der Waals surface area contributed by atoms with Gasteiger partial charge in [0.1, 0.15) is 12.2 Å². The molecule has 86 valence electrons. The summed E-state index contributed by atoms with van der Waals surface area (Å²) in [6, 6.07) is 4.53. The van der Waals surface area contributed by atoms with E-state index in [0.717, 1.165) is 12.4 Å². The SMILES string of the molecule is Cc1ccc(CNC(C)c2nncn2C)s1. The summed E-state index contributed by atoms with van der Waals surface area (Å²) in [6.45, 7) is 5.11. The molecule has 4 nitrogen and oxygen atoms in total. The zero-order valence-corrected chi connectivity index (χ0v) is 10.6. The van der Waals surface area contributed by atoms with Gasteiger partial charge in [-0.1, -0.05) is 0 Å². The molecule has 0 aromatic carbocycles. The molecule has 0 aliphatic carbocycles. The number of hydrogen-bond acceptors (Lipinski definition) is 4. The van der Waals surface area contributed by atoms with Gasteiger partial charge in [-0.3, -0.25) is 0 Å². The third kappa shape index (κ3) is 2.48. The van der Waals surface area contributed by atoms with Gasteiger partial charge in [-0.15, -0.1) is 21.5 Å². The Kier molecular flexibility index (Phi) is 3.36. The molecule has 0 saturated carbocycles. The van der Waals surface area contributed by atoms with Crippen LogP contribution in [-0.2, 0) is 13.6 Å². The fourth-order valence-corrected chi connectivity index (χ4v) is 2.45. The minimum absolute atomic E-state index is 0.218. The molecule has 2 aromatic rings. The molecule has 0 fully saturated rings. The lowest BCUT2D eigenvalue weighted by molar-refractivity contribution is 0.531. The number of aryl methyl sites for hydroxylation is 2. The molecule has 0 aliphatic rings. The lowest BCUT2D eigenvalue weighted by Crippen LogP contribution is -2.20. The van der Waals surface area contributed by atoms with Gasteiger partial charge >= 0.3 is 0 Å². The van der Waals surface area contributed by atoms with Gasteiger partial charge in [0.15, 0.2) is 0 Å². The molecule has 5 heteroatoms. The van der Waals surface area contributed by atoms with Crippen LogP contribution in [0.15, 0.2) is 18.5 Å². The summed E-state index contributed by atoms with van der Waals surface area (Å²) in [7, 11) is 1.96. The number of hydrogen-bond donors (Lipinski definition) is 1. The maximum Gasteiger partial charge on any atom is 0.149 e. The first-order chi connectivity index (χ1) is 7.66. The van der Waals surface area contributed by atoms with E-state index in [-0.39, 0.29) is 6.04 Å². The highest BCUT2D eigenvalue weighted by atomic mass is 32.1. The summed E-state index contributed by atoms with van der Waals surface area (Å²) in [4.78, 5) is 2.70.